The second kappa shape index (κ2) is 7.47. The summed E-state index contributed by atoms with van der Waals surface area (Å²) in [6, 6.07) is 1.83. The van der Waals surface area contributed by atoms with E-state index in [1.807, 2.05) is 6.07 Å². The smallest absolute Gasteiger partial charge is 0.144 e. The van der Waals surface area contributed by atoms with Gasteiger partial charge < -0.3 is 10.5 Å². The number of aliphatic hydroxyl groups is 1. The van der Waals surface area contributed by atoms with E-state index in [0.29, 0.717) is 11.1 Å². The van der Waals surface area contributed by atoms with Crippen LogP contribution in [0.4, 0.5) is 5.82 Å². The van der Waals surface area contributed by atoms with Gasteiger partial charge in [0.15, 0.2) is 0 Å². The van der Waals surface area contributed by atoms with Crippen molar-refractivity contribution in [2.24, 2.45) is 5.84 Å². The van der Waals surface area contributed by atoms with Crippen LogP contribution >= 0.6 is 11.8 Å². The van der Waals surface area contributed by atoms with Gasteiger partial charge in [-0.25, -0.2) is 15.8 Å². The highest BCUT2D eigenvalue weighted by Crippen LogP contribution is 2.25. The van der Waals surface area contributed by atoms with Gasteiger partial charge in [-0.3, -0.25) is 0 Å². The summed E-state index contributed by atoms with van der Waals surface area (Å²) >= 11 is 1.63. The minimum absolute atomic E-state index is 0.197. The van der Waals surface area contributed by atoms with Crippen molar-refractivity contribution in [3.63, 3.8) is 0 Å². The van der Waals surface area contributed by atoms with Crippen molar-refractivity contribution in [1.29, 1.82) is 0 Å². The van der Waals surface area contributed by atoms with Gasteiger partial charge in [-0.15, -0.1) is 11.8 Å². The average Bonchev–Trinajstić information content (AvgIpc) is 2.29. The minimum atomic E-state index is 0.197. The number of nitrogens with two attached hydrogens (primary N) is 1. The number of rotatable bonds is 7. The number of nitrogens with one attached hydrogen (secondary N) is 1. The largest absolute Gasteiger partial charge is 0.396 e. The molecular weight excluding hydrogens is 236 g/mol. The van der Waals surface area contributed by atoms with Crippen LogP contribution in [0.1, 0.15) is 32.5 Å². The maximum absolute atomic E-state index is 8.88. The molecule has 1 atom stereocenters. The van der Waals surface area contributed by atoms with Gasteiger partial charge in [0.1, 0.15) is 16.7 Å². The molecule has 0 aliphatic rings. The Balaban J connectivity index is 2.79. The summed E-state index contributed by atoms with van der Waals surface area (Å²) in [5.74, 6) is 6.83. The second-order valence-electron chi connectivity index (χ2n) is 3.84. The molecule has 0 amide bonds. The number of nitrogens with zero attached hydrogens (tertiary/aromatic N) is 2. The first kappa shape index (κ1) is 14.2. The lowest BCUT2D eigenvalue weighted by Crippen LogP contribution is -2.11. The highest BCUT2D eigenvalue weighted by atomic mass is 32.2. The van der Waals surface area contributed by atoms with E-state index in [0.717, 1.165) is 30.1 Å². The number of hydrazine groups is 1. The normalized spacial score (nSPS) is 12.5. The molecule has 0 radical (unpaired) electrons. The lowest BCUT2D eigenvalue weighted by molar-refractivity contribution is 0.289. The van der Waals surface area contributed by atoms with Gasteiger partial charge in [-0.1, -0.05) is 13.8 Å². The van der Waals surface area contributed by atoms with Crippen molar-refractivity contribution >= 4 is 17.6 Å². The zero-order chi connectivity index (χ0) is 12.7. The maximum atomic E-state index is 8.88. The SMILES string of the molecule is CCCc1nc(NN)cc(SC(C)CCO)n1. The van der Waals surface area contributed by atoms with E-state index in [-0.39, 0.29) is 6.61 Å². The molecule has 1 heterocycles. The van der Waals surface area contributed by atoms with E-state index >= 15 is 0 Å². The van der Waals surface area contributed by atoms with E-state index < -0.39 is 0 Å². The van der Waals surface area contributed by atoms with Gasteiger partial charge >= 0.3 is 0 Å². The molecule has 5 nitrogen and oxygen atoms in total. The summed E-state index contributed by atoms with van der Waals surface area (Å²) < 4.78 is 0. The molecule has 1 aromatic rings. The molecule has 0 saturated carbocycles. The Labute approximate surface area is 106 Å². The molecule has 1 aromatic heterocycles. The van der Waals surface area contributed by atoms with Crippen LogP contribution in [0, 0.1) is 0 Å². The molecule has 96 valence electrons. The first-order valence-corrected chi connectivity index (χ1v) is 6.69. The topological polar surface area (TPSA) is 84.1 Å². The van der Waals surface area contributed by atoms with E-state index in [2.05, 4.69) is 29.2 Å². The summed E-state index contributed by atoms with van der Waals surface area (Å²) in [5, 5.41) is 10.1. The van der Waals surface area contributed by atoms with Crippen molar-refractivity contribution in [2.75, 3.05) is 12.0 Å². The van der Waals surface area contributed by atoms with Crippen LogP contribution in [0.15, 0.2) is 11.1 Å². The van der Waals surface area contributed by atoms with Crippen LogP contribution in [0.3, 0.4) is 0 Å². The number of hydrogen-bond donors (Lipinski definition) is 3. The molecule has 1 rings (SSSR count). The molecule has 0 bridgehead atoms. The fraction of sp³-hybridized carbons (Fsp3) is 0.636. The number of hydrogen-bond acceptors (Lipinski definition) is 6. The fourth-order valence-corrected chi connectivity index (χ4v) is 2.36. The predicted molar refractivity (Wildman–Crippen MR) is 70.9 cm³/mol. The van der Waals surface area contributed by atoms with Gasteiger partial charge in [0.2, 0.25) is 0 Å². The molecule has 4 N–H and O–H groups in total. The first-order chi connectivity index (χ1) is 8.19. The van der Waals surface area contributed by atoms with Crippen molar-refractivity contribution < 1.29 is 5.11 Å². The van der Waals surface area contributed by atoms with Gasteiger partial charge in [0, 0.05) is 24.3 Å². The van der Waals surface area contributed by atoms with Gasteiger partial charge in [0.25, 0.3) is 0 Å². The van der Waals surface area contributed by atoms with Crippen LogP contribution in [-0.4, -0.2) is 26.9 Å². The summed E-state index contributed by atoms with van der Waals surface area (Å²) in [6.45, 7) is 4.36. The Kier molecular flexibility index (Phi) is 6.25. The van der Waals surface area contributed by atoms with Crippen molar-refractivity contribution in [1.82, 2.24) is 9.97 Å². The number of aromatic nitrogens is 2. The van der Waals surface area contributed by atoms with Gasteiger partial charge in [-0.05, 0) is 12.8 Å². The maximum Gasteiger partial charge on any atom is 0.144 e. The highest BCUT2D eigenvalue weighted by molar-refractivity contribution is 7.99. The Morgan fingerprint density at radius 1 is 1.53 bits per heavy atom. The predicted octanol–water partition coefficient (Wildman–Crippen LogP) is 1.58. The molecule has 17 heavy (non-hydrogen) atoms. The number of aryl methyl sites for hydroxylation is 1. The molecule has 0 aliphatic heterocycles. The van der Waals surface area contributed by atoms with Gasteiger partial charge in [-0.2, -0.15) is 0 Å². The molecule has 1 unspecified atom stereocenters. The Morgan fingerprint density at radius 2 is 2.29 bits per heavy atom. The molecule has 0 spiro atoms. The van der Waals surface area contributed by atoms with E-state index in [9.17, 15) is 0 Å². The lowest BCUT2D eigenvalue weighted by atomic mass is 10.3. The minimum Gasteiger partial charge on any atom is -0.396 e. The molecule has 0 saturated heterocycles. The zero-order valence-electron chi connectivity index (χ0n) is 10.3. The van der Waals surface area contributed by atoms with E-state index in [4.69, 9.17) is 10.9 Å². The van der Waals surface area contributed by atoms with Crippen LogP contribution < -0.4 is 11.3 Å². The molecular formula is C11H20N4OS. The summed E-state index contributed by atoms with van der Waals surface area (Å²) in [4.78, 5) is 8.75. The van der Waals surface area contributed by atoms with Crippen LogP contribution in [0.25, 0.3) is 0 Å². The Bertz CT molecular complexity index is 348. The molecule has 0 aromatic carbocycles. The summed E-state index contributed by atoms with van der Waals surface area (Å²) in [6.07, 6.45) is 2.60. The molecule has 0 fully saturated rings. The van der Waals surface area contributed by atoms with Crippen molar-refractivity contribution in [3.8, 4) is 0 Å². The summed E-state index contributed by atoms with van der Waals surface area (Å²) in [5.41, 5.74) is 2.56. The Morgan fingerprint density at radius 3 is 2.88 bits per heavy atom. The first-order valence-electron chi connectivity index (χ1n) is 5.81. The lowest BCUT2D eigenvalue weighted by Gasteiger charge is -2.11. The van der Waals surface area contributed by atoms with E-state index in [1.54, 1.807) is 11.8 Å². The van der Waals surface area contributed by atoms with Gasteiger partial charge in [0.05, 0.1) is 0 Å². The third kappa shape index (κ3) is 4.89. The molecule has 6 heteroatoms. The van der Waals surface area contributed by atoms with Crippen LogP contribution in [0.5, 0.6) is 0 Å². The van der Waals surface area contributed by atoms with Crippen LogP contribution in [0.2, 0.25) is 0 Å². The average molecular weight is 256 g/mol. The number of aliphatic hydroxyl groups excluding tert-OH is 1. The highest BCUT2D eigenvalue weighted by Gasteiger charge is 2.08. The third-order valence-corrected chi connectivity index (χ3v) is 3.32. The van der Waals surface area contributed by atoms with E-state index in [1.165, 1.54) is 0 Å². The summed E-state index contributed by atoms with van der Waals surface area (Å²) in [7, 11) is 0. The monoisotopic (exact) mass is 256 g/mol. The zero-order valence-corrected chi connectivity index (χ0v) is 11.1. The number of anilines is 1. The van der Waals surface area contributed by atoms with Crippen molar-refractivity contribution in [2.45, 2.75) is 43.4 Å². The molecule has 0 aliphatic carbocycles. The fourth-order valence-electron chi connectivity index (χ4n) is 1.39. The Hall–Kier alpha value is -0.850. The second-order valence-corrected chi connectivity index (χ2v) is 5.30. The number of thioether (sulfide) groups is 1. The van der Waals surface area contributed by atoms with Crippen LogP contribution in [-0.2, 0) is 6.42 Å². The van der Waals surface area contributed by atoms with Crippen molar-refractivity contribution in [3.05, 3.63) is 11.9 Å². The number of nitrogen functional groups attached to an aromatic ring is 1. The third-order valence-electron chi connectivity index (χ3n) is 2.23. The standard InChI is InChI=1S/C11H20N4OS/c1-3-4-9-13-10(15-12)7-11(14-9)17-8(2)5-6-16/h7-8,16H,3-6,12H2,1-2H3,(H,13,14,15). The quantitative estimate of drug-likeness (QED) is 0.297.